The Hall–Kier alpha value is -1.81. The van der Waals surface area contributed by atoms with Crippen molar-refractivity contribution in [3.8, 4) is 6.07 Å². The number of rotatable bonds is 3. The van der Waals surface area contributed by atoms with Gasteiger partial charge in [0, 0.05) is 13.1 Å². The standard InChI is InChI=1S/C11H12N4O2S/c1-18-10-8(6-12)11(14-4-2-3-5-14)13-7-9(10)15(16)17/h7H,2-5H2,1H3. The lowest BCUT2D eigenvalue weighted by atomic mass is 10.2. The molecule has 1 aromatic rings. The highest BCUT2D eigenvalue weighted by Gasteiger charge is 2.25. The molecule has 0 spiro atoms. The van der Waals surface area contributed by atoms with Gasteiger partial charge in [0.25, 0.3) is 0 Å². The summed E-state index contributed by atoms with van der Waals surface area (Å²) < 4.78 is 0. The van der Waals surface area contributed by atoms with E-state index in [2.05, 4.69) is 11.1 Å². The van der Waals surface area contributed by atoms with Gasteiger partial charge in [0.2, 0.25) is 0 Å². The van der Waals surface area contributed by atoms with Gasteiger partial charge in [0.15, 0.2) is 0 Å². The first kappa shape index (κ1) is 12.6. The van der Waals surface area contributed by atoms with E-state index in [4.69, 9.17) is 0 Å². The maximum Gasteiger partial charge on any atom is 0.302 e. The smallest absolute Gasteiger partial charge is 0.302 e. The number of nitrogens with zero attached hydrogens (tertiary/aromatic N) is 4. The minimum atomic E-state index is -0.493. The monoisotopic (exact) mass is 264 g/mol. The summed E-state index contributed by atoms with van der Waals surface area (Å²) in [5, 5.41) is 20.2. The van der Waals surface area contributed by atoms with Gasteiger partial charge in [0.1, 0.15) is 28.5 Å². The van der Waals surface area contributed by atoms with Gasteiger partial charge >= 0.3 is 5.69 Å². The maximum absolute atomic E-state index is 10.9. The number of nitriles is 1. The highest BCUT2D eigenvalue weighted by Crippen LogP contribution is 2.35. The van der Waals surface area contributed by atoms with Crippen LogP contribution in [-0.4, -0.2) is 29.3 Å². The molecule has 0 saturated carbocycles. The molecule has 1 saturated heterocycles. The zero-order valence-electron chi connectivity index (χ0n) is 9.92. The fourth-order valence-corrected chi connectivity index (χ4v) is 2.76. The second-order valence-electron chi connectivity index (χ2n) is 3.94. The average molecular weight is 264 g/mol. The highest BCUT2D eigenvalue weighted by molar-refractivity contribution is 7.98. The largest absolute Gasteiger partial charge is 0.355 e. The molecule has 0 bridgehead atoms. The van der Waals surface area contributed by atoms with Crippen molar-refractivity contribution in [2.75, 3.05) is 24.2 Å². The quantitative estimate of drug-likeness (QED) is 0.472. The highest BCUT2D eigenvalue weighted by atomic mass is 32.2. The van der Waals surface area contributed by atoms with Crippen LogP contribution in [0.5, 0.6) is 0 Å². The molecule has 0 amide bonds. The Bertz CT molecular complexity index is 521. The van der Waals surface area contributed by atoms with Gasteiger partial charge in [-0.1, -0.05) is 0 Å². The minimum absolute atomic E-state index is 0.0954. The van der Waals surface area contributed by atoms with Crippen LogP contribution in [0.1, 0.15) is 18.4 Å². The number of hydrogen-bond donors (Lipinski definition) is 0. The molecule has 1 aliphatic rings. The Balaban J connectivity index is 2.55. The van der Waals surface area contributed by atoms with Crippen LogP contribution in [-0.2, 0) is 0 Å². The molecule has 2 heterocycles. The predicted molar refractivity (Wildman–Crippen MR) is 68.8 cm³/mol. The molecule has 94 valence electrons. The van der Waals surface area contributed by atoms with Crippen molar-refractivity contribution in [2.24, 2.45) is 0 Å². The lowest BCUT2D eigenvalue weighted by Crippen LogP contribution is -2.20. The van der Waals surface area contributed by atoms with E-state index in [-0.39, 0.29) is 5.69 Å². The fourth-order valence-electron chi connectivity index (χ4n) is 2.08. The second-order valence-corrected chi connectivity index (χ2v) is 4.75. The summed E-state index contributed by atoms with van der Waals surface area (Å²) in [5.41, 5.74) is 0.223. The number of anilines is 1. The van der Waals surface area contributed by atoms with Crippen LogP contribution in [0, 0.1) is 21.4 Å². The molecule has 0 aliphatic carbocycles. The van der Waals surface area contributed by atoms with Crippen molar-refractivity contribution in [2.45, 2.75) is 17.7 Å². The average Bonchev–Trinajstić information content (AvgIpc) is 2.90. The first-order valence-corrected chi connectivity index (χ1v) is 6.78. The lowest BCUT2D eigenvalue weighted by Gasteiger charge is -2.18. The number of hydrogen-bond acceptors (Lipinski definition) is 6. The van der Waals surface area contributed by atoms with Gasteiger partial charge in [0.05, 0.1) is 4.92 Å². The molecule has 0 N–H and O–H groups in total. The molecule has 1 aromatic heterocycles. The maximum atomic E-state index is 10.9. The van der Waals surface area contributed by atoms with Crippen LogP contribution in [0.4, 0.5) is 11.5 Å². The second kappa shape index (κ2) is 5.23. The number of pyridine rings is 1. The molecular weight excluding hydrogens is 252 g/mol. The SMILES string of the molecule is CSc1c([N+](=O)[O-])cnc(N2CCCC2)c1C#N. The van der Waals surface area contributed by atoms with E-state index in [9.17, 15) is 15.4 Å². The van der Waals surface area contributed by atoms with Crippen LogP contribution >= 0.6 is 11.8 Å². The summed E-state index contributed by atoms with van der Waals surface area (Å²) >= 11 is 1.22. The van der Waals surface area contributed by atoms with Crippen molar-refractivity contribution < 1.29 is 4.92 Å². The van der Waals surface area contributed by atoms with Crippen molar-refractivity contribution in [1.82, 2.24) is 4.98 Å². The molecule has 0 radical (unpaired) electrons. The zero-order valence-corrected chi connectivity index (χ0v) is 10.7. The topological polar surface area (TPSA) is 83.1 Å². The molecule has 0 aromatic carbocycles. The molecule has 18 heavy (non-hydrogen) atoms. The Morgan fingerprint density at radius 3 is 2.72 bits per heavy atom. The number of aromatic nitrogens is 1. The Morgan fingerprint density at radius 1 is 1.56 bits per heavy atom. The first-order valence-electron chi connectivity index (χ1n) is 5.55. The number of nitro groups is 1. The van der Waals surface area contributed by atoms with E-state index in [0.29, 0.717) is 16.3 Å². The van der Waals surface area contributed by atoms with Gasteiger partial charge < -0.3 is 4.90 Å². The summed E-state index contributed by atoms with van der Waals surface area (Å²) in [7, 11) is 0. The third-order valence-corrected chi connectivity index (χ3v) is 3.73. The normalized spacial score (nSPS) is 14.6. The molecule has 0 atom stereocenters. The van der Waals surface area contributed by atoms with Gasteiger partial charge in [-0.2, -0.15) is 5.26 Å². The molecular formula is C11H12N4O2S. The van der Waals surface area contributed by atoms with Crippen LogP contribution in [0.15, 0.2) is 11.1 Å². The number of thioether (sulfide) groups is 1. The van der Waals surface area contributed by atoms with Crippen molar-refractivity contribution in [3.05, 3.63) is 21.9 Å². The first-order chi connectivity index (χ1) is 8.69. The third-order valence-electron chi connectivity index (χ3n) is 2.91. The van der Waals surface area contributed by atoms with Crippen LogP contribution < -0.4 is 4.90 Å². The van der Waals surface area contributed by atoms with Gasteiger partial charge in [-0.05, 0) is 19.1 Å². The van der Waals surface area contributed by atoms with Crippen molar-refractivity contribution in [3.63, 3.8) is 0 Å². The molecule has 2 rings (SSSR count). The van der Waals surface area contributed by atoms with E-state index in [0.717, 1.165) is 25.9 Å². The summed E-state index contributed by atoms with van der Waals surface area (Å²) in [6, 6.07) is 2.06. The van der Waals surface area contributed by atoms with E-state index < -0.39 is 4.92 Å². The molecule has 1 fully saturated rings. The summed E-state index contributed by atoms with van der Waals surface area (Å²) in [4.78, 5) is 16.9. The Morgan fingerprint density at radius 2 is 2.22 bits per heavy atom. The van der Waals surface area contributed by atoms with Gasteiger partial charge in [-0.15, -0.1) is 11.8 Å². The summed E-state index contributed by atoms with van der Waals surface area (Å²) in [5.74, 6) is 0.574. The minimum Gasteiger partial charge on any atom is -0.355 e. The van der Waals surface area contributed by atoms with E-state index >= 15 is 0 Å². The van der Waals surface area contributed by atoms with Gasteiger partial charge in [-0.25, -0.2) is 4.98 Å². The molecule has 7 heteroatoms. The Kier molecular flexibility index (Phi) is 3.67. The zero-order chi connectivity index (χ0) is 13.1. The van der Waals surface area contributed by atoms with E-state index in [1.54, 1.807) is 6.26 Å². The summed E-state index contributed by atoms with van der Waals surface area (Å²) in [6.45, 7) is 1.71. The van der Waals surface area contributed by atoms with Gasteiger partial charge in [-0.3, -0.25) is 10.1 Å². The van der Waals surface area contributed by atoms with Crippen molar-refractivity contribution in [1.29, 1.82) is 5.26 Å². The lowest BCUT2D eigenvalue weighted by molar-refractivity contribution is -0.388. The Labute approximate surface area is 109 Å². The third kappa shape index (κ3) is 2.11. The fraction of sp³-hybridized carbons (Fsp3) is 0.455. The molecule has 6 nitrogen and oxygen atoms in total. The predicted octanol–water partition coefficient (Wildman–Crippen LogP) is 2.18. The molecule has 0 unspecified atom stereocenters. The van der Waals surface area contributed by atoms with Crippen molar-refractivity contribution >= 4 is 23.3 Å². The molecule has 1 aliphatic heterocycles. The van der Waals surface area contributed by atoms with Crippen LogP contribution in [0.2, 0.25) is 0 Å². The van der Waals surface area contributed by atoms with Crippen LogP contribution in [0.3, 0.4) is 0 Å². The van der Waals surface area contributed by atoms with Crippen LogP contribution in [0.25, 0.3) is 0 Å². The van der Waals surface area contributed by atoms with E-state index in [1.165, 1.54) is 18.0 Å². The summed E-state index contributed by atoms with van der Waals surface area (Å²) in [6.07, 6.45) is 5.12. The van der Waals surface area contributed by atoms with E-state index in [1.807, 2.05) is 4.90 Å².